The molecule has 1 heterocycles. The Labute approximate surface area is 150 Å². The second kappa shape index (κ2) is 7.23. The fraction of sp³-hybridized carbons (Fsp3) is 0.294. The molecule has 0 fully saturated rings. The van der Waals surface area contributed by atoms with Crippen molar-refractivity contribution in [1.82, 2.24) is 14.8 Å². The smallest absolute Gasteiger partial charge is 0.200 e. The van der Waals surface area contributed by atoms with Gasteiger partial charge in [-0.25, -0.2) is 0 Å². The average molecular weight is 366 g/mol. The van der Waals surface area contributed by atoms with Crippen LogP contribution in [-0.2, 0) is 6.42 Å². The number of nitrogens with one attached hydrogen (secondary N) is 1. The molecule has 3 N–H and O–H groups in total. The van der Waals surface area contributed by atoms with E-state index in [2.05, 4.69) is 16.8 Å². The lowest BCUT2D eigenvalue weighted by atomic mass is 10.0. The minimum Gasteiger partial charge on any atom is -0.506 e. The van der Waals surface area contributed by atoms with E-state index >= 15 is 0 Å². The van der Waals surface area contributed by atoms with Crippen LogP contribution in [0.4, 0.5) is 0 Å². The molecule has 0 aliphatic heterocycles. The lowest BCUT2D eigenvalue weighted by Crippen LogP contribution is -2.02. The van der Waals surface area contributed by atoms with E-state index in [-0.39, 0.29) is 16.5 Å². The summed E-state index contributed by atoms with van der Waals surface area (Å²) in [6.07, 6.45) is 3.33. The topological polar surface area (TPSA) is 74.1 Å². The number of H-pyrrole nitrogens is 1. The van der Waals surface area contributed by atoms with E-state index in [0.717, 1.165) is 17.7 Å². The highest BCUT2D eigenvalue weighted by molar-refractivity contribution is 7.71. The van der Waals surface area contributed by atoms with Gasteiger partial charge in [-0.15, -0.1) is 0 Å². The molecule has 0 radical (unpaired) electrons. The summed E-state index contributed by atoms with van der Waals surface area (Å²) in [5.74, 6) is 0.0568. The van der Waals surface area contributed by atoms with Gasteiger partial charge in [0.15, 0.2) is 10.6 Å². The molecule has 0 aliphatic carbocycles. The van der Waals surface area contributed by atoms with Crippen molar-refractivity contribution in [3.63, 3.8) is 0 Å². The third-order valence-corrected chi connectivity index (χ3v) is 4.30. The van der Waals surface area contributed by atoms with Crippen molar-refractivity contribution in [2.75, 3.05) is 0 Å². The zero-order valence-corrected chi connectivity index (χ0v) is 15.4. The minimum absolute atomic E-state index is 0.0961. The maximum absolute atomic E-state index is 10.4. The molecule has 0 unspecified atom stereocenters. The highest BCUT2D eigenvalue weighted by atomic mass is 35.5. The summed E-state index contributed by atoms with van der Waals surface area (Å²) in [4.78, 5) is 0. The molecule has 0 spiro atoms. The molecule has 128 valence electrons. The van der Waals surface area contributed by atoms with Crippen LogP contribution in [-0.4, -0.2) is 25.0 Å². The fourth-order valence-corrected chi connectivity index (χ4v) is 2.93. The number of benzene rings is 1. The summed E-state index contributed by atoms with van der Waals surface area (Å²) in [6, 6.07) is 1.67. The van der Waals surface area contributed by atoms with Crippen LogP contribution in [0, 0.1) is 4.77 Å². The molecule has 1 aromatic carbocycles. The predicted octanol–water partition coefficient (Wildman–Crippen LogP) is 5.06. The van der Waals surface area contributed by atoms with Crippen molar-refractivity contribution < 1.29 is 10.2 Å². The molecule has 7 heteroatoms. The maximum atomic E-state index is 10.4. The first-order valence-corrected chi connectivity index (χ1v) is 8.39. The number of aromatic hydroxyl groups is 2. The molecular weight excluding hydrogens is 346 g/mol. The molecule has 24 heavy (non-hydrogen) atoms. The summed E-state index contributed by atoms with van der Waals surface area (Å²) in [5.41, 5.74) is 2.62. The second-order valence-corrected chi connectivity index (χ2v) is 6.18. The molecule has 5 nitrogen and oxygen atoms in total. The zero-order chi connectivity index (χ0) is 18.0. The molecule has 2 aromatic rings. The van der Waals surface area contributed by atoms with Crippen molar-refractivity contribution in [3.8, 4) is 22.9 Å². The van der Waals surface area contributed by atoms with Crippen LogP contribution < -0.4 is 0 Å². The number of phenolic OH excluding ortho intramolecular Hbond substituents is 2. The van der Waals surface area contributed by atoms with E-state index in [1.807, 2.05) is 26.8 Å². The number of hydrogen-bond donors (Lipinski definition) is 3. The first-order valence-electron chi connectivity index (χ1n) is 7.60. The Morgan fingerprint density at radius 1 is 1.42 bits per heavy atom. The van der Waals surface area contributed by atoms with Gasteiger partial charge in [-0.3, -0.25) is 9.67 Å². The Hall–Kier alpha value is -2.05. The van der Waals surface area contributed by atoms with E-state index in [0.29, 0.717) is 28.1 Å². The van der Waals surface area contributed by atoms with Crippen molar-refractivity contribution in [2.45, 2.75) is 33.6 Å². The first kappa shape index (κ1) is 18.3. The van der Waals surface area contributed by atoms with Gasteiger partial charge in [-0.1, -0.05) is 38.1 Å². The summed E-state index contributed by atoms with van der Waals surface area (Å²) < 4.78 is 2.09. The molecule has 0 amide bonds. The van der Waals surface area contributed by atoms with E-state index in [1.54, 1.807) is 10.6 Å². The molecule has 0 atom stereocenters. The van der Waals surface area contributed by atoms with Gasteiger partial charge >= 0.3 is 0 Å². The van der Waals surface area contributed by atoms with Gasteiger partial charge in [0.2, 0.25) is 0 Å². The standard InChI is InChI=1S/C17H20ClN3O2S/c1-5-7-12(9(3)4)21-16(19-20-17(21)24)11-8-10(6-2)14(22)13(18)15(11)23/h7-8,22-23H,3,5-6H2,1-2,4H3,(H,20,24)/b12-7+. The quantitative estimate of drug-likeness (QED) is 0.511. The van der Waals surface area contributed by atoms with Crippen LogP contribution in [0.25, 0.3) is 17.1 Å². The van der Waals surface area contributed by atoms with Crippen LogP contribution in [0.2, 0.25) is 5.02 Å². The van der Waals surface area contributed by atoms with Crippen molar-refractivity contribution in [1.29, 1.82) is 0 Å². The lowest BCUT2D eigenvalue weighted by Gasteiger charge is -2.14. The maximum Gasteiger partial charge on any atom is 0.200 e. The highest BCUT2D eigenvalue weighted by Gasteiger charge is 2.21. The Morgan fingerprint density at radius 3 is 2.62 bits per heavy atom. The highest BCUT2D eigenvalue weighted by Crippen LogP contribution is 2.43. The lowest BCUT2D eigenvalue weighted by molar-refractivity contribution is 0.448. The van der Waals surface area contributed by atoms with Gasteiger partial charge < -0.3 is 10.2 Å². The van der Waals surface area contributed by atoms with Gasteiger partial charge in [-0.2, -0.15) is 5.10 Å². The molecule has 1 aromatic heterocycles. The van der Waals surface area contributed by atoms with Crippen LogP contribution in [0.5, 0.6) is 11.5 Å². The monoisotopic (exact) mass is 365 g/mol. The van der Waals surface area contributed by atoms with E-state index in [9.17, 15) is 10.2 Å². The Morgan fingerprint density at radius 2 is 2.08 bits per heavy atom. The van der Waals surface area contributed by atoms with Gasteiger partial charge in [0, 0.05) is 5.70 Å². The number of nitrogens with zero attached hydrogens (tertiary/aromatic N) is 2. The SMILES string of the molecule is C=C(C)/C(=C\CC)n1c(-c2cc(CC)c(O)c(Cl)c2O)n[nH]c1=S. The largest absolute Gasteiger partial charge is 0.506 e. The van der Waals surface area contributed by atoms with Crippen LogP contribution in [0.3, 0.4) is 0 Å². The van der Waals surface area contributed by atoms with Gasteiger partial charge in [0.25, 0.3) is 0 Å². The third-order valence-electron chi connectivity index (χ3n) is 3.66. The number of halogens is 1. The number of hydrogen-bond acceptors (Lipinski definition) is 4. The second-order valence-electron chi connectivity index (χ2n) is 5.41. The number of aryl methyl sites for hydroxylation is 1. The summed E-state index contributed by atoms with van der Waals surface area (Å²) in [7, 11) is 0. The Bertz CT molecular complexity index is 881. The normalized spacial score (nSPS) is 11.8. The van der Waals surface area contributed by atoms with Crippen molar-refractivity contribution >= 4 is 29.5 Å². The van der Waals surface area contributed by atoms with E-state index in [4.69, 9.17) is 23.8 Å². The molecule has 2 rings (SSSR count). The minimum atomic E-state index is -0.237. The summed E-state index contributed by atoms with van der Waals surface area (Å²) in [6.45, 7) is 9.76. The predicted molar refractivity (Wildman–Crippen MR) is 99.9 cm³/mol. The van der Waals surface area contributed by atoms with Gasteiger partial charge in [0.05, 0.1) is 5.56 Å². The van der Waals surface area contributed by atoms with Crippen molar-refractivity contribution in [3.05, 3.63) is 39.7 Å². The Balaban J connectivity index is 2.82. The molecular formula is C17H20ClN3O2S. The molecule has 0 bridgehead atoms. The van der Waals surface area contributed by atoms with E-state index in [1.165, 1.54) is 0 Å². The van der Waals surface area contributed by atoms with Crippen LogP contribution in [0.1, 0.15) is 32.8 Å². The fourth-order valence-electron chi connectivity index (χ4n) is 2.47. The number of allylic oxidation sites excluding steroid dienone is 3. The van der Waals surface area contributed by atoms with Crippen LogP contribution in [0.15, 0.2) is 24.3 Å². The third kappa shape index (κ3) is 3.12. The molecule has 0 saturated heterocycles. The summed E-state index contributed by atoms with van der Waals surface area (Å²) in [5, 5.41) is 27.3. The number of aromatic amines is 1. The van der Waals surface area contributed by atoms with Crippen LogP contribution >= 0.6 is 23.8 Å². The molecule has 0 saturated carbocycles. The summed E-state index contributed by atoms with van der Waals surface area (Å²) >= 11 is 11.4. The number of aromatic nitrogens is 3. The van der Waals surface area contributed by atoms with E-state index < -0.39 is 0 Å². The zero-order valence-electron chi connectivity index (χ0n) is 13.9. The van der Waals surface area contributed by atoms with Gasteiger partial charge in [0.1, 0.15) is 16.5 Å². The number of rotatable bonds is 5. The Kier molecular flexibility index (Phi) is 5.51. The van der Waals surface area contributed by atoms with Gasteiger partial charge in [-0.05, 0) is 49.2 Å². The number of phenols is 2. The van der Waals surface area contributed by atoms with Crippen molar-refractivity contribution in [2.24, 2.45) is 0 Å². The first-order chi connectivity index (χ1) is 11.3. The average Bonchev–Trinajstić information content (AvgIpc) is 2.91. The molecule has 0 aliphatic rings.